The van der Waals surface area contributed by atoms with E-state index < -0.39 is 0 Å². The highest BCUT2D eigenvalue weighted by Gasteiger charge is 2.28. The number of likely N-dealkylation sites (tertiary alicyclic amines) is 1. The number of esters is 1. The molecular formula is C13H24N2O2. The van der Waals surface area contributed by atoms with Crippen molar-refractivity contribution in [3.05, 3.63) is 0 Å². The van der Waals surface area contributed by atoms with E-state index in [1.807, 2.05) is 0 Å². The Balaban J connectivity index is 1.73. The van der Waals surface area contributed by atoms with Crippen molar-refractivity contribution in [1.29, 1.82) is 0 Å². The van der Waals surface area contributed by atoms with E-state index in [-0.39, 0.29) is 12.1 Å². The number of rotatable bonds is 4. The third-order valence-electron chi connectivity index (χ3n) is 4.09. The molecule has 2 saturated heterocycles. The standard InChI is InChI=1S/C13H24N2O2/c1-3-15-8-6-11(7-9-15)14(2)10-12-4-5-13(16)17-12/h11-12H,3-10H2,1-2H3. The SMILES string of the molecule is CCN1CCC(N(C)CC2CCC(=O)O2)CC1. The van der Waals surface area contributed by atoms with Gasteiger partial charge in [0.05, 0.1) is 0 Å². The number of cyclic esters (lactones) is 1. The second-order valence-electron chi connectivity index (χ2n) is 5.26. The van der Waals surface area contributed by atoms with E-state index in [4.69, 9.17) is 4.74 Å². The molecule has 2 heterocycles. The van der Waals surface area contributed by atoms with Crippen LogP contribution in [0.4, 0.5) is 0 Å². The summed E-state index contributed by atoms with van der Waals surface area (Å²) in [5.41, 5.74) is 0. The topological polar surface area (TPSA) is 32.8 Å². The van der Waals surface area contributed by atoms with Crippen LogP contribution in [0.2, 0.25) is 0 Å². The fourth-order valence-electron chi connectivity index (χ4n) is 2.86. The third-order valence-corrected chi connectivity index (χ3v) is 4.09. The van der Waals surface area contributed by atoms with Gasteiger partial charge in [-0.3, -0.25) is 9.69 Å². The summed E-state index contributed by atoms with van der Waals surface area (Å²) in [6.45, 7) is 6.70. The van der Waals surface area contributed by atoms with E-state index in [0.717, 1.165) is 19.5 Å². The zero-order chi connectivity index (χ0) is 12.3. The van der Waals surface area contributed by atoms with E-state index >= 15 is 0 Å². The van der Waals surface area contributed by atoms with Gasteiger partial charge in [0, 0.05) is 19.0 Å². The predicted octanol–water partition coefficient (Wildman–Crippen LogP) is 1.11. The molecule has 1 atom stereocenters. The summed E-state index contributed by atoms with van der Waals surface area (Å²) in [5, 5.41) is 0. The van der Waals surface area contributed by atoms with Crippen LogP contribution in [0, 0.1) is 0 Å². The molecule has 0 aliphatic carbocycles. The summed E-state index contributed by atoms with van der Waals surface area (Å²) in [6.07, 6.45) is 4.12. The van der Waals surface area contributed by atoms with Crippen LogP contribution in [0.3, 0.4) is 0 Å². The van der Waals surface area contributed by atoms with E-state index in [0.29, 0.717) is 12.5 Å². The van der Waals surface area contributed by atoms with Gasteiger partial charge in [0.2, 0.25) is 0 Å². The average Bonchev–Trinajstić information content (AvgIpc) is 2.75. The summed E-state index contributed by atoms with van der Waals surface area (Å²) in [6, 6.07) is 0.664. The molecule has 0 bridgehead atoms. The quantitative estimate of drug-likeness (QED) is 0.689. The molecule has 1 unspecified atom stereocenters. The summed E-state index contributed by atoms with van der Waals surface area (Å²) < 4.78 is 5.27. The van der Waals surface area contributed by atoms with Gasteiger partial charge in [0.1, 0.15) is 6.10 Å². The lowest BCUT2D eigenvalue weighted by Crippen LogP contribution is -2.45. The van der Waals surface area contributed by atoms with Gasteiger partial charge in [-0.2, -0.15) is 0 Å². The number of likely N-dealkylation sites (N-methyl/N-ethyl adjacent to an activating group) is 1. The number of carbonyl (C=O) groups is 1. The van der Waals surface area contributed by atoms with Crippen LogP contribution in [0.25, 0.3) is 0 Å². The lowest BCUT2D eigenvalue weighted by molar-refractivity contribution is -0.142. The highest BCUT2D eigenvalue weighted by molar-refractivity contribution is 5.71. The molecule has 0 aromatic rings. The van der Waals surface area contributed by atoms with Gasteiger partial charge in [-0.1, -0.05) is 6.92 Å². The second-order valence-corrected chi connectivity index (χ2v) is 5.26. The minimum Gasteiger partial charge on any atom is -0.461 e. The Labute approximate surface area is 104 Å². The Kier molecular flexibility index (Phi) is 4.40. The molecule has 0 aromatic carbocycles. The van der Waals surface area contributed by atoms with E-state index in [1.165, 1.54) is 25.9 Å². The van der Waals surface area contributed by atoms with E-state index in [1.54, 1.807) is 0 Å². The van der Waals surface area contributed by atoms with E-state index in [9.17, 15) is 4.79 Å². The van der Waals surface area contributed by atoms with Gasteiger partial charge >= 0.3 is 5.97 Å². The van der Waals surface area contributed by atoms with Crippen molar-refractivity contribution in [3.63, 3.8) is 0 Å². The first-order valence-corrected chi connectivity index (χ1v) is 6.81. The zero-order valence-electron chi connectivity index (χ0n) is 11.0. The first-order valence-electron chi connectivity index (χ1n) is 6.81. The van der Waals surface area contributed by atoms with Crippen LogP contribution in [0.5, 0.6) is 0 Å². The first kappa shape index (κ1) is 12.8. The van der Waals surface area contributed by atoms with Crippen LogP contribution in [-0.4, -0.2) is 61.1 Å². The smallest absolute Gasteiger partial charge is 0.306 e. The summed E-state index contributed by atoms with van der Waals surface area (Å²) in [4.78, 5) is 15.9. The largest absolute Gasteiger partial charge is 0.461 e. The maximum absolute atomic E-state index is 11.0. The molecule has 0 spiro atoms. The fourth-order valence-corrected chi connectivity index (χ4v) is 2.86. The Hall–Kier alpha value is -0.610. The molecule has 98 valence electrons. The molecular weight excluding hydrogens is 216 g/mol. The summed E-state index contributed by atoms with van der Waals surface area (Å²) in [7, 11) is 2.17. The molecule has 0 aromatic heterocycles. The van der Waals surface area contributed by atoms with Gasteiger partial charge in [0.25, 0.3) is 0 Å². The van der Waals surface area contributed by atoms with Crippen LogP contribution in [0.1, 0.15) is 32.6 Å². The highest BCUT2D eigenvalue weighted by Crippen LogP contribution is 2.19. The normalized spacial score (nSPS) is 27.7. The predicted molar refractivity (Wildman–Crippen MR) is 66.9 cm³/mol. The second kappa shape index (κ2) is 5.83. The minimum absolute atomic E-state index is 0.0239. The maximum Gasteiger partial charge on any atom is 0.306 e. The maximum atomic E-state index is 11.0. The Morgan fingerprint density at radius 3 is 2.59 bits per heavy atom. The Morgan fingerprint density at radius 2 is 2.06 bits per heavy atom. The first-order chi connectivity index (χ1) is 8.19. The molecule has 2 rings (SSSR count). The monoisotopic (exact) mass is 240 g/mol. The highest BCUT2D eigenvalue weighted by atomic mass is 16.5. The lowest BCUT2D eigenvalue weighted by Gasteiger charge is -2.37. The summed E-state index contributed by atoms with van der Waals surface area (Å²) >= 11 is 0. The van der Waals surface area contributed by atoms with Gasteiger partial charge in [-0.05, 0) is 45.9 Å². The number of piperidine rings is 1. The van der Waals surface area contributed by atoms with Crippen LogP contribution < -0.4 is 0 Å². The van der Waals surface area contributed by atoms with Crippen molar-refractivity contribution >= 4 is 5.97 Å². The molecule has 0 amide bonds. The molecule has 17 heavy (non-hydrogen) atoms. The summed E-state index contributed by atoms with van der Waals surface area (Å²) in [5.74, 6) is -0.0239. The molecule has 2 fully saturated rings. The molecule has 2 aliphatic rings. The van der Waals surface area contributed by atoms with Crippen molar-refractivity contribution in [3.8, 4) is 0 Å². The average molecular weight is 240 g/mol. The molecule has 0 saturated carbocycles. The Bertz CT molecular complexity index is 262. The molecule has 0 N–H and O–H groups in total. The van der Waals surface area contributed by atoms with Gasteiger partial charge in [0.15, 0.2) is 0 Å². The Morgan fingerprint density at radius 1 is 1.35 bits per heavy atom. The third kappa shape index (κ3) is 3.42. The number of ether oxygens (including phenoxy) is 1. The van der Waals surface area contributed by atoms with Crippen LogP contribution in [0.15, 0.2) is 0 Å². The molecule has 4 heteroatoms. The van der Waals surface area contributed by atoms with Crippen molar-refractivity contribution in [2.75, 3.05) is 33.2 Å². The van der Waals surface area contributed by atoms with Crippen molar-refractivity contribution in [2.24, 2.45) is 0 Å². The zero-order valence-corrected chi connectivity index (χ0v) is 11.0. The number of nitrogens with zero attached hydrogens (tertiary/aromatic N) is 2. The van der Waals surface area contributed by atoms with Crippen LogP contribution in [-0.2, 0) is 9.53 Å². The fraction of sp³-hybridized carbons (Fsp3) is 0.923. The molecule has 4 nitrogen and oxygen atoms in total. The van der Waals surface area contributed by atoms with E-state index in [2.05, 4.69) is 23.8 Å². The van der Waals surface area contributed by atoms with Crippen LogP contribution >= 0.6 is 0 Å². The molecule has 2 aliphatic heterocycles. The van der Waals surface area contributed by atoms with Gasteiger partial charge in [-0.15, -0.1) is 0 Å². The van der Waals surface area contributed by atoms with Gasteiger partial charge < -0.3 is 9.64 Å². The van der Waals surface area contributed by atoms with Crippen molar-refractivity contribution in [2.45, 2.75) is 44.8 Å². The number of carbonyl (C=O) groups excluding carboxylic acids is 1. The minimum atomic E-state index is -0.0239. The number of hydrogen-bond acceptors (Lipinski definition) is 4. The lowest BCUT2D eigenvalue weighted by atomic mass is 10.0. The van der Waals surface area contributed by atoms with Crippen molar-refractivity contribution in [1.82, 2.24) is 9.80 Å². The van der Waals surface area contributed by atoms with Gasteiger partial charge in [-0.25, -0.2) is 0 Å². The number of hydrogen-bond donors (Lipinski definition) is 0. The molecule has 0 radical (unpaired) electrons. The van der Waals surface area contributed by atoms with Crippen molar-refractivity contribution < 1.29 is 9.53 Å².